The van der Waals surface area contributed by atoms with E-state index in [0.29, 0.717) is 17.8 Å². The number of ketones is 1. The molecule has 1 aliphatic rings. The molecule has 6 heteroatoms. The molecule has 140 valence electrons. The van der Waals surface area contributed by atoms with Gasteiger partial charge in [0.25, 0.3) is 0 Å². The van der Waals surface area contributed by atoms with Gasteiger partial charge in [-0.15, -0.1) is 0 Å². The van der Waals surface area contributed by atoms with E-state index in [1.54, 1.807) is 24.3 Å². The van der Waals surface area contributed by atoms with Gasteiger partial charge in [-0.2, -0.15) is 0 Å². The lowest BCUT2D eigenvalue weighted by Gasteiger charge is -2.23. The van der Waals surface area contributed by atoms with Crippen molar-refractivity contribution in [1.29, 1.82) is 0 Å². The van der Waals surface area contributed by atoms with Gasteiger partial charge >= 0.3 is 0 Å². The van der Waals surface area contributed by atoms with Crippen LogP contribution in [0.15, 0.2) is 54.6 Å². The second kappa shape index (κ2) is 8.60. The van der Waals surface area contributed by atoms with Crippen LogP contribution in [0, 0.1) is 0 Å². The summed E-state index contributed by atoms with van der Waals surface area (Å²) < 4.78 is 0. The first-order valence-electron chi connectivity index (χ1n) is 9.04. The van der Waals surface area contributed by atoms with Crippen LogP contribution in [0.1, 0.15) is 30.1 Å². The molecule has 0 bridgehead atoms. The third-order valence-electron chi connectivity index (χ3n) is 4.63. The standard InChI is InChI=1S/C21H23N3O3/c1-15(25)17-10-5-6-11-18(17)23-20(26)14-24-13-7-12-19(24)21(27)22-16-8-3-2-4-9-16/h2-6,8-11,19H,7,12-14H2,1H3,(H,22,27)(H,23,26)/t19-/m1/s1. The average Bonchev–Trinajstić information content (AvgIpc) is 3.11. The van der Waals surface area contributed by atoms with Crippen molar-refractivity contribution >= 4 is 29.0 Å². The zero-order valence-electron chi connectivity index (χ0n) is 15.3. The number of Topliss-reactive ketones (excluding diaryl/α,β-unsaturated/α-hetero) is 1. The van der Waals surface area contributed by atoms with E-state index < -0.39 is 0 Å². The normalized spacial score (nSPS) is 16.7. The molecule has 27 heavy (non-hydrogen) atoms. The molecule has 2 N–H and O–H groups in total. The Hall–Kier alpha value is -2.99. The van der Waals surface area contributed by atoms with Gasteiger partial charge in [0.1, 0.15) is 0 Å². The monoisotopic (exact) mass is 365 g/mol. The third-order valence-corrected chi connectivity index (χ3v) is 4.63. The molecule has 0 saturated carbocycles. The van der Waals surface area contributed by atoms with Gasteiger partial charge in [0.2, 0.25) is 11.8 Å². The Morgan fingerprint density at radius 3 is 2.44 bits per heavy atom. The number of benzene rings is 2. The fourth-order valence-corrected chi connectivity index (χ4v) is 3.33. The molecule has 2 amide bonds. The van der Waals surface area contributed by atoms with Gasteiger partial charge in [-0.1, -0.05) is 30.3 Å². The number of amides is 2. The zero-order chi connectivity index (χ0) is 19.2. The van der Waals surface area contributed by atoms with Crippen molar-refractivity contribution in [2.24, 2.45) is 0 Å². The van der Waals surface area contributed by atoms with Crippen molar-refractivity contribution in [3.8, 4) is 0 Å². The first-order valence-corrected chi connectivity index (χ1v) is 9.04. The second-order valence-corrected chi connectivity index (χ2v) is 6.63. The van der Waals surface area contributed by atoms with Crippen molar-refractivity contribution in [2.45, 2.75) is 25.8 Å². The molecule has 0 unspecified atom stereocenters. The predicted molar refractivity (Wildman–Crippen MR) is 105 cm³/mol. The SMILES string of the molecule is CC(=O)c1ccccc1NC(=O)CN1CCC[C@@H]1C(=O)Nc1ccccc1. The average molecular weight is 365 g/mol. The van der Waals surface area contributed by atoms with Crippen LogP contribution >= 0.6 is 0 Å². The molecule has 1 fully saturated rings. The number of carbonyl (C=O) groups excluding carboxylic acids is 3. The maximum atomic E-state index is 12.6. The van der Waals surface area contributed by atoms with Gasteiger partial charge < -0.3 is 10.6 Å². The van der Waals surface area contributed by atoms with E-state index >= 15 is 0 Å². The molecule has 1 heterocycles. The third kappa shape index (κ3) is 4.80. The first-order chi connectivity index (χ1) is 13.0. The lowest BCUT2D eigenvalue weighted by Crippen LogP contribution is -2.43. The van der Waals surface area contributed by atoms with Crippen LogP contribution in [0.25, 0.3) is 0 Å². The summed E-state index contributed by atoms with van der Waals surface area (Å²) >= 11 is 0. The Kier molecular flexibility index (Phi) is 5.98. The van der Waals surface area contributed by atoms with Crippen molar-refractivity contribution in [3.05, 3.63) is 60.2 Å². The summed E-state index contributed by atoms with van der Waals surface area (Å²) in [6, 6.07) is 15.9. The van der Waals surface area contributed by atoms with Crippen LogP contribution in [0.3, 0.4) is 0 Å². The number of likely N-dealkylation sites (tertiary alicyclic amines) is 1. The lowest BCUT2D eigenvalue weighted by atomic mass is 10.1. The van der Waals surface area contributed by atoms with Crippen LogP contribution < -0.4 is 10.6 Å². The topological polar surface area (TPSA) is 78.5 Å². The smallest absolute Gasteiger partial charge is 0.241 e. The van der Waals surface area contributed by atoms with E-state index in [2.05, 4.69) is 10.6 Å². The largest absolute Gasteiger partial charge is 0.325 e. The van der Waals surface area contributed by atoms with Gasteiger partial charge in [-0.05, 0) is 50.6 Å². The Bertz CT molecular complexity index is 836. The molecule has 2 aromatic carbocycles. The molecule has 0 aliphatic carbocycles. The number of carbonyl (C=O) groups is 3. The minimum atomic E-state index is -0.334. The van der Waals surface area contributed by atoms with E-state index in [0.717, 1.165) is 18.5 Å². The van der Waals surface area contributed by atoms with Crippen LogP contribution in [-0.2, 0) is 9.59 Å². The van der Waals surface area contributed by atoms with E-state index in [9.17, 15) is 14.4 Å². The number of hydrogen-bond acceptors (Lipinski definition) is 4. The van der Waals surface area contributed by atoms with Gasteiger partial charge in [0.05, 0.1) is 18.3 Å². The Morgan fingerprint density at radius 1 is 1.00 bits per heavy atom. The molecular formula is C21H23N3O3. The summed E-state index contributed by atoms with van der Waals surface area (Å²) in [5.74, 6) is -0.439. The fourth-order valence-electron chi connectivity index (χ4n) is 3.33. The van der Waals surface area contributed by atoms with Gasteiger partial charge in [-0.25, -0.2) is 0 Å². The highest BCUT2D eigenvalue weighted by atomic mass is 16.2. The molecule has 0 spiro atoms. The summed E-state index contributed by atoms with van der Waals surface area (Å²) in [7, 11) is 0. The quantitative estimate of drug-likeness (QED) is 0.772. The molecule has 0 radical (unpaired) electrons. The van der Waals surface area contributed by atoms with Crippen molar-refractivity contribution < 1.29 is 14.4 Å². The molecule has 0 aromatic heterocycles. The van der Waals surface area contributed by atoms with E-state index in [1.165, 1.54) is 6.92 Å². The van der Waals surface area contributed by atoms with Crippen LogP contribution in [0.5, 0.6) is 0 Å². The summed E-state index contributed by atoms with van der Waals surface area (Å²) in [5.41, 5.74) is 1.72. The van der Waals surface area contributed by atoms with Crippen LogP contribution in [0.4, 0.5) is 11.4 Å². The number of rotatable bonds is 6. The van der Waals surface area contributed by atoms with Crippen LogP contribution in [-0.4, -0.2) is 41.6 Å². The van der Waals surface area contributed by atoms with Gasteiger partial charge in [0, 0.05) is 11.3 Å². The highest BCUT2D eigenvalue weighted by Gasteiger charge is 2.32. The number of para-hydroxylation sites is 2. The van der Waals surface area contributed by atoms with E-state index in [4.69, 9.17) is 0 Å². The molecule has 2 aromatic rings. The predicted octanol–water partition coefficient (Wildman–Crippen LogP) is 2.93. The first kappa shape index (κ1) is 18.8. The Balaban J connectivity index is 1.62. The Labute approximate surface area is 158 Å². The number of anilines is 2. The fraction of sp³-hybridized carbons (Fsp3) is 0.286. The van der Waals surface area contributed by atoms with E-state index in [-0.39, 0.29) is 30.2 Å². The Morgan fingerprint density at radius 2 is 1.70 bits per heavy atom. The number of nitrogens with one attached hydrogen (secondary N) is 2. The molecule has 3 rings (SSSR count). The molecule has 1 aliphatic heterocycles. The maximum Gasteiger partial charge on any atom is 0.241 e. The highest BCUT2D eigenvalue weighted by molar-refractivity contribution is 6.04. The zero-order valence-corrected chi connectivity index (χ0v) is 15.3. The minimum absolute atomic E-state index is 0.101. The van der Waals surface area contributed by atoms with E-state index in [1.807, 2.05) is 35.2 Å². The van der Waals surface area contributed by atoms with Crippen LogP contribution in [0.2, 0.25) is 0 Å². The van der Waals surface area contributed by atoms with Crippen molar-refractivity contribution in [3.63, 3.8) is 0 Å². The molecule has 6 nitrogen and oxygen atoms in total. The second-order valence-electron chi connectivity index (χ2n) is 6.63. The maximum absolute atomic E-state index is 12.6. The minimum Gasteiger partial charge on any atom is -0.325 e. The number of hydrogen-bond donors (Lipinski definition) is 2. The van der Waals surface area contributed by atoms with Crippen molar-refractivity contribution in [1.82, 2.24) is 4.90 Å². The van der Waals surface area contributed by atoms with Crippen molar-refractivity contribution in [2.75, 3.05) is 23.7 Å². The van der Waals surface area contributed by atoms with Gasteiger partial charge in [-0.3, -0.25) is 19.3 Å². The lowest BCUT2D eigenvalue weighted by molar-refractivity contribution is -0.122. The summed E-state index contributed by atoms with van der Waals surface area (Å²) in [6.07, 6.45) is 1.58. The molecular weight excluding hydrogens is 342 g/mol. The summed E-state index contributed by atoms with van der Waals surface area (Å²) in [6.45, 7) is 2.27. The summed E-state index contributed by atoms with van der Waals surface area (Å²) in [5, 5.41) is 5.70. The summed E-state index contributed by atoms with van der Waals surface area (Å²) in [4.78, 5) is 38.6. The number of nitrogens with zero attached hydrogens (tertiary/aromatic N) is 1. The van der Waals surface area contributed by atoms with Gasteiger partial charge in [0.15, 0.2) is 5.78 Å². The molecule has 1 atom stereocenters. The highest BCUT2D eigenvalue weighted by Crippen LogP contribution is 2.20. The molecule has 1 saturated heterocycles.